The van der Waals surface area contributed by atoms with Gasteiger partial charge in [-0.2, -0.15) is 0 Å². The van der Waals surface area contributed by atoms with Crippen molar-refractivity contribution >= 4 is 52.2 Å². The van der Waals surface area contributed by atoms with Crippen molar-refractivity contribution in [1.82, 2.24) is 4.90 Å². The zero-order chi connectivity index (χ0) is 21.3. The summed E-state index contributed by atoms with van der Waals surface area (Å²) in [6, 6.07) is 15.9. The molecule has 0 spiro atoms. The van der Waals surface area contributed by atoms with Crippen molar-refractivity contribution in [3.05, 3.63) is 80.9 Å². The number of amides is 2. The predicted octanol–water partition coefficient (Wildman–Crippen LogP) is 6.50. The molecule has 0 unspecified atom stereocenters. The quantitative estimate of drug-likeness (QED) is 0.407. The van der Waals surface area contributed by atoms with E-state index in [1.807, 2.05) is 12.1 Å². The smallest absolute Gasteiger partial charge is 0.293 e. The van der Waals surface area contributed by atoms with Crippen LogP contribution < -0.4 is 4.74 Å². The van der Waals surface area contributed by atoms with E-state index in [-0.39, 0.29) is 17.7 Å². The second-order valence-corrected chi connectivity index (χ2v) is 8.29. The van der Waals surface area contributed by atoms with Crippen LogP contribution in [0, 0.1) is 0 Å². The molecular formula is C22H15Cl2NO4S. The van der Waals surface area contributed by atoms with Crippen LogP contribution in [-0.4, -0.2) is 23.2 Å². The van der Waals surface area contributed by atoms with Crippen molar-refractivity contribution in [3.63, 3.8) is 0 Å². The molecule has 2 amide bonds. The van der Waals surface area contributed by atoms with Crippen LogP contribution in [-0.2, 0) is 11.3 Å². The van der Waals surface area contributed by atoms with Crippen LogP contribution in [0.3, 0.4) is 0 Å². The Balaban J connectivity index is 1.53. The van der Waals surface area contributed by atoms with Gasteiger partial charge in [-0.05, 0) is 59.8 Å². The maximum absolute atomic E-state index is 12.7. The Morgan fingerprint density at radius 3 is 2.67 bits per heavy atom. The normalized spacial score (nSPS) is 15.3. The van der Waals surface area contributed by atoms with Crippen LogP contribution in [0.5, 0.6) is 5.75 Å². The maximum Gasteiger partial charge on any atom is 0.293 e. The fraction of sp³-hybridized carbons (Fsp3) is 0.0909. The zero-order valence-corrected chi connectivity index (χ0v) is 18.1. The van der Waals surface area contributed by atoms with Crippen molar-refractivity contribution in [2.45, 2.75) is 6.54 Å². The Morgan fingerprint density at radius 1 is 1.10 bits per heavy atom. The van der Waals surface area contributed by atoms with Gasteiger partial charge in [0.15, 0.2) is 0 Å². The topological polar surface area (TPSA) is 59.8 Å². The predicted molar refractivity (Wildman–Crippen MR) is 119 cm³/mol. The van der Waals surface area contributed by atoms with Crippen molar-refractivity contribution in [2.24, 2.45) is 0 Å². The van der Waals surface area contributed by atoms with Crippen LogP contribution in [0.2, 0.25) is 10.0 Å². The van der Waals surface area contributed by atoms with Crippen LogP contribution in [0.15, 0.2) is 63.9 Å². The number of imide groups is 1. The summed E-state index contributed by atoms with van der Waals surface area (Å²) in [7, 11) is 1.55. The van der Waals surface area contributed by atoms with Gasteiger partial charge in [0, 0.05) is 16.7 Å². The number of carbonyl (C=O) groups is 2. The van der Waals surface area contributed by atoms with E-state index >= 15 is 0 Å². The number of ether oxygens (including phenoxy) is 1. The monoisotopic (exact) mass is 459 g/mol. The molecule has 0 radical (unpaired) electrons. The number of halogens is 2. The molecule has 0 aliphatic carbocycles. The minimum Gasteiger partial charge on any atom is -0.495 e. The van der Waals surface area contributed by atoms with Crippen LogP contribution in [0.25, 0.3) is 17.4 Å². The summed E-state index contributed by atoms with van der Waals surface area (Å²) in [6.07, 6.45) is 1.57. The molecule has 5 nitrogen and oxygen atoms in total. The maximum atomic E-state index is 12.7. The van der Waals surface area contributed by atoms with Gasteiger partial charge in [-0.15, -0.1) is 0 Å². The van der Waals surface area contributed by atoms with Gasteiger partial charge in [0.2, 0.25) is 0 Å². The lowest BCUT2D eigenvalue weighted by Gasteiger charge is -2.12. The molecule has 152 valence electrons. The number of nitrogens with zero attached hydrogens (tertiary/aromatic N) is 1. The summed E-state index contributed by atoms with van der Waals surface area (Å²) < 4.78 is 11.0. The van der Waals surface area contributed by atoms with Gasteiger partial charge < -0.3 is 9.15 Å². The second kappa shape index (κ2) is 8.60. The van der Waals surface area contributed by atoms with Gasteiger partial charge in [0.05, 0.1) is 23.6 Å². The lowest BCUT2D eigenvalue weighted by Crippen LogP contribution is -2.27. The van der Waals surface area contributed by atoms with Crippen LogP contribution >= 0.6 is 35.0 Å². The average molecular weight is 460 g/mol. The molecule has 0 atom stereocenters. The highest BCUT2D eigenvalue weighted by Gasteiger charge is 2.35. The van der Waals surface area contributed by atoms with E-state index in [1.165, 1.54) is 4.90 Å². The van der Waals surface area contributed by atoms with E-state index in [4.69, 9.17) is 32.4 Å². The SMILES string of the molecule is COc1ccc(-c2ccc(/C=C3\SC(=O)N(Cc4cccc(Cl)c4)C3=O)o2)cc1Cl. The highest BCUT2D eigenvalue weighted by molar-refractivity contribution is 8.18. The molecule has 0 N–H and O–H groups in total. The molecule has 2 heterocycles. The van der Waals surface area contributed by atoms with Gasteiger partial charge in [0.1, 0.15) is 17.3 Å². The average Bonchev–Trinajstić information content (AvgIpc) is 3.28. The minimum absolute atomic E-state index is 0.163. The molecule has 1 saturated heterocycles. The molecule has 1 fully saturated rings. The lowest BCUT2D eigenvalue weighted by molar-refractivity contribution is -0.123. The first-order valence-electron chi connectivity index (χ1n) is 8.88. The molecule has 1 aromatic heterocycles. The number of methoxy groups -OCH3 is 1. The van der Waals surface area contributed by atoms with Gasteiger partial charge in [-0.3, -0.25) is 14.5 Å². The number of benzene rings is 2. The Kier molecular flexibility index (Phi) is 5.90. The third-order valence-corrected chi connectivity index (χ3v) is 5.88. The number of thioether (sulfide) groups is 1. The first-order valence-corrected chi connectivity index (χ1v) is 10.5. The lowest BCUT2D eigenvalue weighted by atomic mass is 10.2. The largest absolute Gasteiger partial charge is 0.495 e. The molecule has 1 aliphatic rings. The van der Waals surface area contributed by atoms with Crippen molar-refractivity contribution in [3.8, 4) is 17.1 Å². The number of carbonyl (C=O) groups excluding carboxylic acids is 2. The Hall–Kier alpha value is -2.67. The minimum atomic E-state index is -0.365. The summed E-state index contributed by atoms with van der Waals surface area (Å²) in [6.45, 7) is 0.163. The summed E-state index contributed by atoms with van der Waals surface area (Å²) in [5, 5.41) is 0.687. The summed E-state index contributed by atoms with van der Waals surface area (Å²) in [5.41, 5.74) is 1.55. The first-order chi connectivity index (χ1) is 14.4. The first kappa shape index (κ1) is 20.6. The number of furan rings is 1. The van der Waals surface area contributed by atoms with Gasteiger partial charge >= 0.3 is 0 Å². The van der Waals surface area contributed by atoms with E-state index in [0.29, 0.717) is 32.2 Å². The second-order valence-electron chi connectivity index (χ2n) is 6.45. The van der Waals surface area contributed by atoms with Gasteiger partial charge in [-0.25, -0.2) is 0 Å². The van der Waals surface area contributed by atoms with Crippen molar-refractivity contribution in [1.29, 1.82) is 0 Å². The summed E-state index contributed by atoms with van der Waals surface area (Å²) in [5.74, 6) is 1.25. The molecular weight excluding hydrogens is 445 g/mol. The Morgan fingerprint density at radius 2 is 1.93 bits per heavy atom. The zero-order valence-electron chi connectivity index (χ0n) is 15.7. The number of hydrogen-bond donors (Lipinski definition) is 0. The van der Waals surface area contributed by atoms with E-state index < -0.39 is 0 Å². The van der Waals surface area contributed by atoms with Gasteiger partial charge in [0.25, 0.3) is 11.1 Å². The number of rotatable bonds is 5. The summed E-state index contributed by atoms with van der Waals surface area (Å²) >= 11 is 13.0. The van der Waals surface area contributed by atoms with Crippen molar-refractivity contribution < 1.29 is 18.7 Å². The molecule has 0 saturated carbocycles. The van der Waals surface area contributed by atoms with Crippen LogP contribution in [0.4, 0.5) is 4.79 Å². The Bertz CT molecular complexity index is 1170. The fourth-order valence-electron chi connectivity index (χ4n) is 2.99. The molecule has 0 bridgehead atoms. The molecule has 1 aliphatic heterocycles. The molecule has 8 heteroatoms. The fourth-order valence-corrected chi connectivity index (χ4v) is 4.28. The van der Waals surface area contributed by atoms with Crippen molar-refractivity contribution in [2.75, 3.05) is 7.11 Å². The standard InChI is InChI=1S/C22H15Cl2NO4S/c1-28-19-7-5-14(10-17(19)24)18-8-6-16(29-18)11-20-21(26)25(22(27)30-20)12-13-3-2-4-15(23)9-13/h2-11H,12H2,1H3/b20-11-. The Labute approximate surface area is 187 Å². The van der Waals surface area contributed by atoms with E-state index in [0.717, 1.165) is 22.9 Å². The van der Waals surface area contributed by atoms with Gasteiger partial charge in [-0.1, -0.05) is 35.3 Å². The molecule has 2 aromatic carbocycles. The molecule has 3 aromatic rings. The van der Waals surface area contributed by atoms with Crippen LogP contribution in [0.1, 0.15) is 11.3 Å². The third-order valence-electron chi connectivity index (χ3n) is 4.44. The number of hydrogen-bond acceptors (Lipinski definition) is 5. The molecule has 30 heavy (non-hydrogen) atoms. The van der Waals surface area contributed by atoms with E-state index in [2.05, 4.69) is 0 Å². The highest BCUT2D eigenvalue weighted by Crippen LogP contribution is 2.35. The highest BCUT2D eigenvalue weighted by atomic mass is 35.5. The van der Waals surface area contributed by atoms with E-state index in [1.54, 1.807) is 55.7 Å². The van der Waals surface area contributed by atoms with E-state index in [9.17, 15) is 9.59 Å². The molecule has 4 rings (SSSR count). The summed E-state index contributed by atoms with van der Waals surface area (Å²) in [4.78, 5) is 26.5. The third kappa shape index (κ3) is 4.26.